The molecule has 0 aliphatic carbocycles. The summed E-state index contributed by atoms with van der Waals surface area (Å²) in [5.74, 6) is -0.531. The lowest BCUT2D eigenvalue weighted by molar-refractivity contribution is 0.0313. The fraction of sp³-hybridized carbons (Fsp3) is 0.125. The van der Waals surface area contributed by atoms with Gasteiger partial charge in [0.25, 0.3) is 5.56 Å². The third-order valence-electron chi connectivity index (χ3n) is 3.31. The Bertz CT molecular complexity index is 988. The average Bonchev–Trinajstić information content (AvgIpc) is 2.57. The average molecular weight is 364 g/mol. The Morgan fingerprint density at radius 1 is 1.17 bits per heavy atom. The van der Waals surface area contributed by atoms with Crippen molar-refractivity contribution in [2.45, 2.75) is 13.0 Å². The monoisotopic (exact) mass is 363 g/mol. The number of esters is 1. The Labute approximate surface area is 146 Å². The third kappa shape index (κ3) is 3.25. The van der Waals surface area contributed by atoms with Gasteiger partial charge in [0.1, 0.15) is 5.15 Å². The Balaban J connectivity index is 1.89. The standard InChI is InChI=1S/C16H11Cl2N3O3/c1-8(24-16(23)13-10(17)6-7-12(18)20-13)14-19-11-5-3-2-4-9(11)15(22)21-14/h2-8H,1H3,(H,19,21,22)/t8-/m1/s1. The molecule has 0 spiro atoms. The van der Waals surface area contributed by atoms with Gasteiger partial charge in [-0.2, -0.15) is 0 Å². The van der Waals surface area contributed by atoms with E-state index in [1.54, 1.807) is 31.2 Å². The Hall–Kier alpha value is -2.44. The fourth-order valence-electron chi connectivity index (χ4n) is 2.13. The molecule has 0 aliphatic rings. The first kappa shape index (κ1) is 16.4. The van der Waals surface area contributed by atoms with Crippen LogP contribution in [0.5, 0.6) is 0 Å². The van der Waals surface area contributed by atoms with Gasteiger partial charge in [-0.25, -0.2) is 14.8 Å². The molecule has 0 unspecified atom stereocenters. The highest BCUT2D eigenvalue weighted by Crippen LogP contribution is 2.21. The summed E-state index contributed by atoms with van der Waals surface area (Å²) < 4.78 is 5.29. The number of carbonyl (C=O) groups excluding carboxylic acids is 1. The fourth-order valence-corrected chi connectivity index (χ4v) is 2.46. The van der Waals surface area contributed by atoms with Crippen LogP contribution in [-0.4, -0.2) is 20.9 Å². The molecule has 0 aliphatic heterocycles. The molecule has 1 atom stereocenters. The SMILES string of the molecule is C[C@@H](OC(=O)c1nc(Cl)ccc1Cl)c1nc2ccccc2c(=O)[nH]1. The van der Waals surface area contributed by atoms with Crippen LogP contribution in [0, 0.1) is 0 Å². The molecule has 0 amide bonds. The second kappa shape index (κ2) is 6.59. The van der Waals surface area contributed by atoms with Gasteiger partial charge in [0.2, 0.25) is 0 Å². The smallest absolute Gasteiger partial charge is 0.359 e. The molecule has 2 aromatic heterocycles. The molecule has 1 aromatic carbocycles. The van der Waals surface area contributed by atoms with Crippen molar-refractivity contribution in [3.05, 3.63) is 68.4 Å². The van der Waals surface area contributed by atoms with Crippen LogP contribution in [0.15, 0.2) is 41.2 Å². The molecule has 3 rings (SSSR count). The maximum absolute atomic E-state index is 12.2. The number of hydrogen-bond acceptors (Lipinski definition) is 5. The van der Waals surface area contributed by atoms with E-state index in [-0.39, 0.29) is 27.3 Å². The molecule has 0 radical (unpaired) electrons. The molecule has 8 heteroatoms. The zero-order valence-electron chi connectivity index (χ0n) is 12.4. The van der Waals surface area contributed by atoms with Crippen molar-refractivity contribution in [2.75, 3.05) is 0 Å². The maximum atomic E-state index is 12.2. The molecule has 0 saturated carbocycles. The molecule has 0 saturated heterocycles. The predicted octanol–water partition coefficient (Wildman–Crippen LogP) is 3.54. The normalized spacial score (nSPS) is 12.1. The number of pyridine rings is 1. The van der Waals surface area contributed by atoms with Crippen LogP contribution in [0.4, 0.5) is 0 Å². The second-order valence-electron chi connectivity index (χ2n) is 4.98. The molecule has 6 nitrogen and oxygen atoms in total. The molecular formula is C16H11Cl2N3O3. The van der Waals surface area contributed by atoms with Gasteiger partial charge in [-0.1, -0.05) is 35.3 Å². The van der Waals surface area contributed by atoms with Crippen LogP contribution in [0.2, 0.25) is 10.2 Å². The summed E-state index contributed by atoms with van der Waals surface area (Å²) in [6.07, 6.45) is -0.799. The molecule has 0 bridgehead atoms. The number of aromatic amines is 1. The van der Waals surface area contributed by atoms with Gasteiger partial charge in [-0.15, -0.1) is 0 Å². The van der Waals surface area contributed by atoms with E-state index in [0.717, 1.165) is 0 Å². The molecule has 3 aromatic rings. The van der Waals surface area contributed by atoms with Crippen molar-refractivity contribution in [3.8, 4) is 0 Å². The van der Waals surface area contributed by atoms with Crippen molar-refractivity contribution in [1.82, 2.24) is 15.0 Å². The van der Waals surface area contributed by atoms with Crippen molar-refractivity contribution in [3.63, 3.8) is 0 Å². The number of ether oxygens (including phenoxy) is 1. The minimum Gasteiger partial charge on any atom is -0.450 e. The van der Waals surface area contributed by atoms with E-state index in [9.17, 15) is 9.59 Å². The van der Waals surface area contributed by atoms with E-state index in [1.807, 2.05) is 0 Å². The number of nitrogens with one attached hydrogen (secondary N) is 1. The van der Waals surface area contributed by atoms with E-state index in [0.29, 0.717) is 10.9 Å². The Morgan fingerprint density at radius 2 is 1.92 bits per heavy atom. The largest absolute Gasteiger partial charge is 0.450 e. The van der Waals surface area contributed by atoms with Crippen LogP contribution in [0.3, 0.4) is 0 Å². The van der Waals surface area contributed by atoms with Gasteiger partial charge < -0.3 is 9.72 Å². The van der Waals surface area contributed by atoms with E-state index >= 15 is 0 Å². The number of H-pyrrole nitrogens is 1. The number of carbonyl (C=O) groups is 1. The summed E-state index contributed by atoms with van der Waals surface area (Å²) in [6.45, 7) is 1.59. The van der Waals surface area contributed by atoms with Crippen LogP contribution < -0.4 is 5.56 Å². The minimum atomic E-state index is -0.799. The van der Waals surface area contributed by atoms with Crippen molar-refractivity contribution in [2.24, 2.45) is 0 Å². The zero-order chi connectivity index (χ0) is 17.3. The van der Waals surface area contributed by atoms with E-state index in [4.69, 9.17) is 27.9 Å². The first-order valence-electron chi connectivity index (χ1n) is 6.97. The lowest BCUT2D eigenvalue weighted by Gasteiger charge is -2.13. The third-order valence-corrected chi connectivity index (χ3v) is 3.82. The minimum absolute atomic E-state index is 0.0980. The first-order chi connectivity index (χ1) is 11.5. The maximum Gasteiger partial charge on any atom is 0.359 e. The van der Waals surface area contributed by atoms with Crippen LogP contribution in [0.25, 0.3) is 10.9 Å². The first-order valence-corrected chi connectivity index (χ1v) is 7.73. The molecule has 0 fully saturated rings. The molecule has 1 N–H and O–H groups in total. The lowest BCUT2D eigenvalue weighted by atomic mass is 10.2. The van der Waals surface area contributed by atoms with Gasteiger partial charge in [0.05, 0.1) is 15.9 Å². The summed E-state index contributed by atoms with van der Waals surface area (Å²) in [4.78, 5) is 35.0. The van der Waals surface area contributed by atoms with Gasteiger partial charge in [0.15, 0.2) is 17.6 Å². The summed E-state index contributed by atoms with van der Waals surface area (Å²) in [5.41, 5.74) is 0.106. The van der Waals surface area contributed by atoms with Gasteiger partial charge in [-0.3, -0.25) is 4.79 Å². The summed E-state index contributed by atoms with van der Waals surface area (Å²) >= 11 is 11.7. The highest BCUT2D eigenvalue weighted by molar-refractivity contribution is 6.34. The molecule has 24 heavy (non-hydrogen) atoms. The summed E-state index contributed by atoms with van der Waals surface area (Å²) in [5, 5.41) is 0.701. The van der Waals surface area contributed by atoms with Gasteiger partial charge in [0, 0.05) is 0 Å². The summed E-state index contributed by atoms with van der Waals surface area (Å²) in [7, 11) is 0. The molecule has 122 valence electrons. The van der Waals surface area contributed by atoms with Crippen LogP contribution in [0.1, 0.15) is 29.3 Å². The second-order valence-corrected chi connectivity index (χ2v) is 5.77. The van der Waals surface area contributed by atoms with Crippen molar-refractivity contribution in [1.29, 1.82) is 0 Å². The topological polar surface area (TPSA) is 84.9 Å². The van der Waals surface area contributed by atoms with Crippen molar-refractivity contribution >= 4 is 40.1 Å². The van der Waals surface area contributed by atoms with Gasteiger partial charge in [-0.05, 0) is 31.2 Å². The number of nitrogens with zero attached hydrogens (tertiary/aromatic N) is 2. The van der Waals surface area contributed by atoms with E-state index < -0.39 is 12.1 Å². The lowest BCUT2D eigenvalue weighted by Crippen LogP contribution is -2.18. The van der Waals surface area contributed by atoms with Crippen LogP contribution >= 0.6 is 23.2 Å². The number of aromatic nitrogens is 3. The highest BCUT2D eigenvalue weighted by atomic mass is 35.5. The zero-order valence-corrected chi connectivity index (χ0v) is 13.9. The number of fused-ring (bicyclic) bond motifs is 1. The Morgan fingerprint density at radius 3 is 2.71 bits per heavy atom. The quantitative estimate of drug-likeness (QED) is 0.568. The van der Waals surface area contributed by atoms with Gasteiger partial charge >= 0.3 is 5.97 Å². The van der Waals surface area contributed by atoms with E-state index in [1.165, 1.54) is 12.1 Å². The number of rotatable bonds is 3. The number of benzene rings is 1. The highest BCUT2D eigenvalue weighted by Gasteiger charge is 2.20. The van der Waals surface area contributed by atoms with Crippen LogP contribution in [-0.2, 0) is 4.74 Å². The number of hydrogen-bond donors (Lipinski definition) is 1. The van der Waals surface area contributed by atoms with Crippen molar-refractivity contribution < 1.29 is 9.53 Å². The summed E-state index contributed by atoms with van der Waals surface area (Å²) in [6, 6.07) is 9.80. The van der Waals surface area contributed by atoms with E-state index in [2.05, 4.69) is 15.0 Å². The number of halogens is 2. The molecular weight excluding hydrogens is 353 g/mol. The Kier molecular flexibility index (Phi) is 4.51. The predicted molar refractivity (Wildman–Crippen MR) is 90.5 cm³/mol. The number of para-hydroxylation sites is 1. The molecule has 2 heterocycles.